The number of rotatable bonds is 4. The van der Waals surface area contributed by atoms with Gasteiger partial charge in [0.1, 0.15) is 4.90 Å². The molecule has 2 heterocycles. The second kappa shape index (κ2) is 7.87. The number of sulfonamides is 1. The van der Waals surface area contributed by atoms with E-state index in [1.807, 2.05) is 20.8 Å². The molecule has 0 spiro atoms. The van der Waals surface area contributed by atoms with Crippen LogP contribution in [0.25, 0.3) is 0 Å². The topological polar surface area (TPSA) is 79.4 Å². The summed E-state index contributed by atoms with van der Waals surface area (Å²) in [5.74, 6) is -0.112. The van der Waals surface area contributed by atoms with E-state index in [1.165, 1.54) is 33.8 Å². The fraction of sp³-hybridized carbons (Fsp3) is 0.444. The van der Waals surface area contributed by atoms with E-state index in [0.717, 1.165) is 23.4 Å². The highest BCUT2D eigenvalue weighted by Crippen LogP contribution is 2.29. The van der Waals surface area contributed by atoms with Crippen LogP contribution in [0.2, 0.25) is 5.02 Å². The van der Waals surface area contributed by atoms with Crippen molar-refractivity contribution in [1.29, 1.82) is 0 Å². The molecule has 1 aromatic heterocycles. The largest absolute Gasteiger partial charge is 0.298 e. The molecule has 1 unspecified atom stereocenters. The lowest BCUT2D eigenvalue weighted by Gasteiger charge is -2.30. The number of hydrogen-bond acceptors (Lipinski definition) is 5. The summed E-state index contributed by atoms with van der Waals surface area (Å²) in [7, 11) is -3.75. The summed E-state index contributed by atoms with van der Waals surface area (Å²) >= 11 is 7.56. The lowest BCUT2D eigenvalue weighted by Crippen LogP contribution is -2.39. The maximum absolute atomic E-state index is 13.0. The first-order valence-corrected chi connectivity index (χ1v) is 11.4. The van der Waals surface area contributed by atoms with E-state index in [0.29, 0.717) is 24.1 Å². The van der Waals surface area contributed by atoms with Crippen LogP contribution >= 0.6 is 22.9 Å². The fourth-order valence-corrected chi connectivity index (χ4v) is 5.95. The number of anilines is 1. The Labute approximate surface area is 168 Å². The van der Waals surface area contributed by atoms with Gasteiger partial charge in [-0.15, -0.1) is 11.3 Å². The lowest BCUT2D eigenvalue weighted by molar-refractivity contribution is 0.102. The number of nitrogens with one attached hydrogen (secondary N) is 1. The second-order valence-electron chi connectivity index (χ2n) is 6.87. The number of piperidine rings is 1. The highest BCUT2D eigenvalue weighted by molar-refractivity contribution is 7.89. The van der Waals surface area contributed by atoms with Crippen molar-refractivity contribution in [2.45, 2.75) is 38.5 Å². The molecule has 1 aliphatic heterocycles. The molecular formula is C18H22ClN3O3S2. The number of thiazole rings is 1. The summed E-state index contributed by atoms with van der Waals surface area (Å²) in [6.45, 7) is 6.76. The molecule has 0 radical (unpaired) electrons. The van der Waals surface area contributed by atoms with E-state index >= 15 is 0 Å². The minimum Gasteiger partial charge on any atom is -0.298 e. The Morgan fingerprint density at radius 2 is 2.11 bits per heavy atom. The van der Waals surface area contributed by atoms with Gasteiger partial charge in [-0.2, -0.15) is 4.31 Å². The van der Waals surface area contributed by atoms with Crippen LogP contribution in [0, 0.1) is 19.8 Å². The maximum Gasteiger partial charge on any atom is 0.257 e. The van der Waals surface area contributed by atoms with Gasteiger partial charge in [-0.05, 0) is 50.8 Å². The summed E-state index contributed by atoms with van der Waals surface area (Å²) in [5.41, 5.74) is 1.09. The molecule has 146 valence electrons. The van der Waals surface area contributed by atoms with E-state index in [-0.39, 0.29) is 15.5 Å². The molecule has 0 aliphatic carbocycles. The molecule has 1 atom stereocenters. The van der Waals surface area contributed by atoms with Crippen LogP contribution in [0.1, 0.15) is 40.7 Å². The van der Waals surface area contributed by atoms with Crippen molar-refractivity contribution in [1.82, 2.24) is 9.29 Å². The van der Waals surface area contributed by atoms with Crippen molar-refractivity contribution >= 4 is 44.0 Å². The zero-order valence-corrected chi connectivity index (χ0v) is 17.8. The highest BCUT2D eigenvalue weighted by atomic mass is 35.5. The minimum atomic E-state index is -3.75. The van der Waals surface area contributed by atoms with E-state index < -0.39 is 15.9 Å². The lowest BCUT2D eigenvalue weighted by atomic mass is 10.0. The van der Waals surface area contributed by atoms with Gasteiger partial charge in [0, 0.05) is 23.5 Å². The number of nitrogens with zero attached hydrogens (tertiary/aromatic N) is 2. The monoisotopic (exact) mass is 427 g/mol. The third-order valence-corrected chi connectivity index (χ3v) is 8.01. The van der Waals surface area contributed by atoms with Gasteiger partial charge in [-0.1, -0.05) is 18.5 Å². The van der Waals surface area contributed by atoms with Gasteiger partial charge in [0.2, 0.25) is 10.0 Å². The molecule has 27 heavy (non-hydrogen) atoms. The van der Waals surface area contributed by atoms with E-state index in [2.05, 4.69) is 10.3 Å². The van der Waals surface area contributed by atoms with Crippen LogP contribution in [0.15, 0.2) is 23.1 Å². The predicted octanol–water partition coefficient (Wildman–Crippen LogP) is 4.09. The zero-order valence-electron chi connectivity index (χ0n) is 15.5. The normalized spacial score (nSPS) is 18.4. The number of halogens is 1. The standard InChI is InChI=1S/C18H22ClN3O3S2/c1-11-5-4-8-22(10-11)27(24,25)16-9-14(6-7-15(16)19)17(23)21-18-20-12(2)13(3)26-18/h6-7,9,11H,4-5,8,10H2,1-3H3,(H,20,21,23). The molecule has 3 rings (SSSR count). The first-order valence-electron chi connectivity index (χ1n) is 8.73. The molecule has 1 saturated heterocycles. The molecule has 0 bridgehead atoms. The van der Waals surface area contributed by atoms with Gasteiger partial charge in [0.25, 0.3) is 5.91 Å². The Bertz CT molecular complexity index is 953. The number of hydrogen-bond donors (Lipinski definition) is 1. The van der Waals surface area contributed by atoms with Gasteiger partial charge in [0.05, 0.1) is 10.7 Å². The van der Waals surface area contributed by atoms with Gasteiger partial charge in [0.15, 0.2) is 5.13 Å². The molecular weight excluding hydrogens is 406 g/mol. The maximum atomic E-state index is 13.0. The third kappa shape index (κ3) is 4.34. The number of amides is 1. The first kappa shape index (κ1) is 20.3. The molecule has 1 aromatic carbocycles. The molecule has 0 saturated carbocycles. The smallest absolute Gasteiger partial charge is 0.257 e. The predicted molar refractivity (Wildman–Crippen MR) is 108 cm³/mol. The average molecular weight is 428 g/mol. The summed E-state index contributed by atoms with van der Waals surface area (Å²) in [6.07, 6.45) is 1.83. The molecule has 9 heteroatoms. The zero-order chi connectivity index (χ0) is 19.8. The number of aryl methyl sites for hydroxylation is 2. The van der Waals surface area contributed by atoms with Crippen molar-refractivity contribution in [3.05, 3.63) is 39.4 Å². The van der Waals surface area contributed by atoms with E-state index in [1.54, 1.807) is 0 Å². The fourth-order valence-electron chi connectivity index (χ4n) is 3.04. The number of aromatic nitrogens is 1. The van der Waals surface area contributed by atoms with Gasteiger partial charge >= 0.3 is 0 Å². The van der Waals surface area contributed by atoms with Crippen molar-refractivity contribution in [2.75, 3.05) is 18.4 Å². The SMILES string of the molecule is Cc1nc(NC(=O)c2ccc(Cl)c(S(=O)(=O)N3CCCC(C)C3)c2)sc1C. The van der Waals surface area contributed by atoms with Crippen LogP contribution in [0.3, 0.4) is 0 Å². The highest BCUT2D eigenvalue weighted by Gasteiger charge is 2.31. The molecule has 1 N–H and O–H groups in total. The Kier molecular flexibility index (Phi) is 5.90. The van der Waals surface area contributed by atoms with E-state index in [9.17, 15) is 13.2 Å². The quantitative estimate of drug-likeness (QED) is 0.797. The molecule has 1 aliphatic rings. The molecule has 1 fully saturated rings. The van der Waals surface area contributed by atoms with Crippen LogP contribution in [0.5, 0.6) is 0 Å². The van der Waals surface area contributed by atoms with Crippen LogP contribution < -0.4 is 5.32 Å². The third-order valence-electron chi connectivity index (χ3n) is 4.68. The van der Waals surface area contributed by atoms with Gasteiger partial charge in [-0.25, -0.2) is 13.4 Å². The van der Waals surface area contributed by atoms with Crippen LogP contribution in [-0.2, 0) is 10.0 Å². The Hall–Kier alpha value is -1.48. The number of carbonyl (C=O) groups is 1. The van der Waals surface area contributed by atoms with Crippen molar-refractivity contribution in [3.8, 4) is 0 Å². The van der Waals surface area contributed by atoms with Crippen LogP contribution in [-0.4, -0.2) is 36.7 Å². The summed E-state index contributed by atoms with van der Waals surface area (Å²) in [6, 6.07) is 4.32. The van der Waals surface area contributed by atoms with E-state index in [4.69, 9.17) is 11.6 Å². The minimum absolute atomic E-state index is 0.0302. The Balaban J connectivity index is 1.88. The molecule has 1 amide bonds. The average Bonchev–Trinajstić information content (AvgIpc) is 2.92. The summed E-state index contributed by atoms with van der Waals surface area (Å²) in [4.78, 5) is 17.8. The first-order chi connectivity index (χ1) is 12.7. The van der Waals surface area contributed by atoms with Crippen molar-refractivity contribution in [3.63, 3.8) is 0 Å². The summed E-state index contributed by atoms with van der Waals surface area (Å²) in [5, 5.41) is 3.32. The molecule has 2 aromatic rings. The second-order valence-corrected chi connectivity index (χ2v) is 10.4. The number of benzene rings is 1. The van der Waals surface area contributed by atoms with Crippen molar-refractivity contribution in [2.24, 2.45) is 5.92 Å². The van der Waals surface area contributed by atoms with Crippen LogP contribution in [0.4, 0.5) is 5.13 Å². The Morgan fingerprint density at radius 3 is 2.74 bits per heavy atom. The van der Waals surface area contributed by atoms with Gasteiger partial charge in [-0.3, -0.25) is 10.1 Å². The summed E-state index contributed by atoms with van der Waals surface area (Å²) < 4.78 is 27.5. The number of carbonyl (C=O) groups excluding carboxylic acids is 1. The Morgan fingerprint density at radius 1 is 1.37 bits per heavy atom. The molecule has 6 nitrogen and oxygen atoms in total. The van der Waals surface area contributed by atoms with Gasteiger partial charge < -0.3 is 0 Å². The van der Waals surface area contributed by atoms with Crippen molar-refractivity contribution < 1.29 is 13.2 Å².